The van der Waals surface area contributed by atoms with E-state index in [0.717, 1.165) is 41.1 Å². The molecule has 2 amide bonds. The SMILES string of the molecule is Cc1ccc(Cl)c2sc(N(CCN3CCOCC3)C(=O)C3CC(=O)N(c4ccccc4)C3)nc12.Cl. The summed E-state index contributed by atoms with van der Waals surface area (Å²) in [5, 5.41) is 1.27. The zero-order valence-electron chi connectivity index (χ0n) is 19.5. The number of carbonyl (C=O) groups is 2. The predicted octanol–water partition coefficient (Wildman–Crippen LogP) is 4.40. The molecule has 3 heterocycles. The Bertz CT molecular complexity index is 1160. The van der Waals surface area contributed by atoms with Gasteiger partial charge in [-0.2, -0.15) is 0 Å². The second-order valence-corrected chi connectivity index (χ2v) is 10.1. The minimum Gasteiger partial charge on any atom is -0.379 e. The first-order valence-electron chi connectivity index (χ1n) is 11.5. The van der Waals surface area contributed by atoms with Crippen molar-refractivity contribution in [1.29, 1.82) is 0 Å². The Morgan fingerprint density at radius 1 is 1.20 bits per heavy atom. The number of aryl methyl sites for hydroxylation is 1. The number of nitrogens with zero attached hydrogens (tertiary/aromatic N) is 4. The van der Waals surface area contributed by atoms with Crippen LogP contribution >= 0.6 is 35.3 Å². The van der Waals surface area contributed by atoms with Crippen LogP contribution < -0.4 is 9.80 Å². The number of hydrogen-bond donors (Lipinski definition) is 0. The Balaban J connectivity index is 0.00000289. The number of aromatic nitrogens is 1. The second-order valence-electron chi connectivity index (χ2n) is 8.72. The Kier molecular flexibility index (Phi) is 8.29. The van der Waals surface area contributed by atoms with Gasteiger partial charge in [-0.05, 0) is 30.7 Å². The van der Waals surface area contributed by atoms with Crippen molar-refractivity contribution in [2.24, 2.45) is 5.92 Å². The Morgan fingerprint density at radius 2 is 1.94 bits per heavy atom. The molecule has 1 atom stereocenters. The molecule has 0 aliphatic carbocycles. The highest BCUT2D eigenvalue weighted by molar-refractivity contribution is 7.23. The largest absolute Gasteiger partial charge is 0.379 e. The molecule has 2 aromatic carbocycles. The molecule has 1 unspecified atom stereocenters. The quantitative estimate of drug-likeness (QED) is 0.468. The van der Waals surface area contributed by atoms with Crippen LogP contribution in [0.15, 0.2) is 42.5 Å². The Morgan fingerprint density at radius 3 is 2.66 bits per heavy atom. The number of benzene rings is 2. The van der Waals surface area contributed by atoms with Crippen molar-refractivity contribution < 1.29 is 14.3 Å². The summed E-state index contributed by atoms with van der Waals surface area (Å²) < 4.78 is 6.35. The number of fused-ring (bicyclic) bond motifs is 1. The molecule has 0 radical (unpaired) electrons. The highest BCUT2D eigenvalue weighted by atomic mass is 35.5. The van der Waals surface area contributed by atoms with Gasteiger partial charge in [0, 0.05) is 44.8 Å². The lowest BCUT2D eigenvalue weighted by molar-refractivity contribution is -0.124. The number of ether oxygens (including phenoxy) is 1. The number of morpholine rings is 1. The van der Waals surface area contributed by atoms with Gasteiger partial charge in [-0.3, -0.25) is 19.4 Å². The van der Waals surface area contributed by atoms with E-state index in [0.29, 0.717) is 36.5 Å². The topological polar surface area (TPSA) is 66.0 Å². The maximum Gasteiger partial charge on any atom is 0.234 e. The molecule has 186 valence electrons. The second kappa shape index (κ2) is 11.2. The normalized spacial score (nSPS) is 18.6. The van der Waals surface area contributed by atoms with Gasteiger partial charge in [0.1, 0.15) is 0 Å². The molecule has 0 bridgehead atoms. The fourth-order valence-electron chi connectivity index (χ4n) is 4.52. The third-order valence-electron chi connectivity index (χ3n) is 6.47. The molecule has 35 heavy (non-hydrogen) atoms. The van der Waals surface area contributed by atoms with E-state index >= 15 is 0 Å². The summed E-state index contributed by atoms with van der Waals surface area (Å²) in [7, 11) is 0. The van der Waals surface area contributed by atoms with E-state index in [2.05, 4.69) is 4.90 Å². The number of anilines is 2. The molecule has 0 spiro atoms. The summed E-state index contributed by atoms with van der Waals surface area (Å²) in [6, 6.07) is 13.3. The molecule has 5 rings (SSSR count). The fraction of sp³-hybridized carbons (Fsp3) is 0.400. The molecular weight excluding hydrogens is 507 g/mol. The molecular formula is C25H28Cl2N4O3S. The zero-order valence-corrected chi connectivity index (χ0v) is 21.9. The van der Waals surface area contributed by atoms with E-state index in [1.807, 2.05) is 49.4 Å². The summed E-state index contributed by atoms with van der Waals surface area (Å²) in [6.45, 7) is 6.69. The molecule has 0 N–H and O–H groups in total. The van der Waals surface area contributed by atoms with Crippen LogP contribution in [0.2, 0.25) is 5.02 Å². The molecule has 3 aromatic rings. The first kappa shape index (κ1) is 25.9. The van der Waals surface area contributed by atoms with Crippen LogP contribution in [0.4, 0.5) is 10.8 Å². The van der Waals surface area contributed by atoms with Crippen LogP contribution in [0.3, 0.4) is 0 Å². The van der Waals surface area contributed by atoms with Crippen LogP contribution in [0.25, 0.3) is 10.2 Å². The highest BCUT2D eigenvalue weighted by Gasteiger charge is 2.38. The minimum atomic E-state index is -0.416. The van der Waals surface area contributed by atoms with Crippen LogP contribution in [0, 0.1) is 12.8 Å². The van der Waals surface area contributed by atoms with Crippen LogP contribution in [-0.4, -0.2) is 67.6 Å². The molecule has 7 nitrogen and oxygen atoms in total. The maximum absolute atomic E-state index is 13.8. The molecule has 2 fully saturated rings. The van der Waals surface area contributed by atoms with Gasteiger partial charge in [0.05, 0.1) is 34.4 Å². The number of amides is 2. The number of hydrogen-bond acceptors (Lipinski definition) is 6. The van der Waals surface area contributed by atoms with Gasteiger partial charge in [0.25, 0.3) is 0 Å². The first-order valence-corrected chi connectivity index (χ1v) is 12.7. The smallest absolute Gasteiger partial charge is 0.234 e. The number of para-hydroxylation sites is 1. The first-order chi connectivity index (χ1) is 16.5. The molecule has 2 aliphatic heterocycles. The molecule has 10 heteroatoms. The van der Waals surface area contributed by atoms with Gasteiger partial charge in [-0.25, -0.2) is 4.98 Å². The zero-order chi connectivity index (χ0) is 23.7. The van der Waals surface area contributed by atoms with E-state index in [4.69, 9.17) is 21.3 Å². The minimum absolute atomic E-state index is 0. The molecule has 1 aromatic heterocycles. The average Bonchev–Trinajstić information content (AvgIpc) is 3.48. The van der Waals surface area contributed by atoms with Crippen molar-refractivity contribution in [3.8, 4) is 0 Å². The lowest BCUT2D eigenvalue weighted by Gasteiger charge is -2.30. The highest BCUT2D eigenvalue weighted by Crippen LogP contribution is 2.37. The molecule has 0 saturated carbocycles. The lowest BCUT2D eigenvalue weighted by atomic mass is 10.1. The summed E-state index contributed by atoms with van der Waals surface area (Å²) in [5.41, 5.74) is 2.67. The number of thiazole rings is 1. The summed E-state index contributed by atoms with van der Waals surface area (Å²) in [4.78, 5) is 37.2. The van der Waals surface area contributed by atoms with Gasteiger partial charge < -0.3 is 9.64 Å². The number of carbonyl (C=O) groups excluding carboxylic acids is 2. The van der Waals surface area contributed by atoms with Gasteiger partial charge in [-0.15, -0.1) is 12.4 Å². The van der Waals surface area contributed by atoms with E-state index in [9.17, 15) is 9.59 Å². The number of halogens is 2. The van der Waals surface area contributed by atoms with Crippen LogP contribution in [0.5, 0.6) is 0 Å². The van der Waals surface area contributed by atoms with Crippen LogP contribution in [0.1, 0.15) is 12.0 Å². The Hall–Kier alpha value is -2.23. The van der Waals surface area contributed by atoms with Crippen molar-refractivity contribution in [3.05, 3.63) is 53.1 Å². The monoisotopic (exact) mass is 534 g/mol. The third kappa shape index (κ3) is 5.47. The average molecular weight is 535 g/mol. The van der Waals surface area contributed by atoms with Gasteiger partial charge in [0.2, 0.25) is 11.8 Å². The van der Waals surface area contributed by atoms with Gasteiger partial charge in [-0.1, -0.05) is 47.2 Å². The lowest BCUT2D eigenvalue weighted by Crippen LogP contribution is -2.45. The maximum atomic E-state index is 13.8. The van der Waals surface area contributed by atoms with Crippen LogP contribution in [-0.2, 0) is 14.3 Å². The van der Waals surface area contributed by atoms with Gasteiger partial charge >= 0.3 is 0 Å². The van der Waals surface area contributed by atoms with E-state index < -0.39 is 5.92 Å². The van der Waals surface area contributed by atoms with Crippen molar-refractivity contribution in [2.45, 2.75) is 13.3 Å². The summed E-state index contributed by atoms with van der Waals surface area (Å²) in [6.07, 6.45) is 0.201. The van der Waals surface area contributed by atoms with E-state index in [-0.39, 0.29) is 30.6 Å². The van der Waals surface area contributed by atoms with Crippen molar-refractivity contribution >= 4 is 68.2 Å². The van der Waals surface area contributed by atoms with E-state index in [1.54, 1.807) is 9.80 Å². The van der Waals surface area contributed by atoms with Gasteiger partial charge in [0.15, 0.2) is 5.13 Å². The summed E-state index contributed by atoms with van der Waals surface area (Å²) in [5.74, 6) is -0.505. The van der Waals surface area contributed by atoms with Crippen molar-refractivity contribution in [2.75, 3.05) is 55.7 Å². The fourth-order valence-corrected chi connectivity index (χ4v) is 5.87. The third-order valence-corrected chi connectivity index (χ3v) is 8.01. The summed E-state index contributed by atoms with van der Waals surface area (Å²) >= 11 is 7.89. The van der Waals surface area contributed by atoms with Crippen molar-refractivity contribution in [1.82, 2.24) is 9.88 Å². The predicted molar refractivity (Wildman–Crippen MR) is 143 cm³/mol. The molecule has 2 saturated heterocycles. The Labute approximate surface area is 220 Å². The standard InChI is InChI=1S/C25H27ClN4O3S.ClH/c1-17-7-8-20(26)23-22(17)27-25(34-23)29(10-9-28-11-13-33-14-12-28)24(32)18-15-21(31)30(16-18)19-5-3-2-4-6-19;/h2-8,18H,9-16H2,1H3;1H. The number of rotatable bonds is 6. The van der Waals surface area contributed by atoms with E-state index in [1.165, 1.54) is 11.3 Å². The van der Waals surface area contributed by atoms with Crippen molar-refractivity contribution in [3.63, 3.8) is 0 Å². The molecule has 2 aliphatic rings.